The van der Waals surface area contributed by atoms with Gasteiger partial charge in [-0.2, -0.15) is 10.2 Å². The van der Waals surface area contributed by atoms with Crippen LogP contribution in [-0.4, -0.2) is 57.6 Å². The molecule has 0 radical (unpaired) electrons. The number of hydrogen-bond donors (Lipinski definition) is 2. The average Bonchev–Trinajstić information content (AvgIpc) is 3.67. The monoisotopic (exact) mass is 528 g/mol. The van der Waals surface area contributed by atoms with Gasteiger partial charge in [-0.25, -0.2) is 10.0 Å². The highest BCUT2D eigenvalue weighted by Gasteiger charge is 2.19. The molecule has 2 N–H and O–H groups in total. The van der Waals surface area contributed by atoms with Crippen LogP contribution in [0.25, 0.3) is 21.8 Å². The summed E-state index contributed by atoms with van der Waals surface area (Å²) in [4.78, 5) is 0. The van der Waals surface area contributed by atoms with Crippen molar-refractivity contribution in [3.63, 3.8) is 0 Å². The van der Waals surface area contributed by atoms with E-state index in [9.17, 15) is 0 Å². The fourth-order valence-electron chi connectivity index (χ4n) is 5.74. The summed E-state index contributed by atoms with van der Waals surface area (Å²) in [5, 5.41) is 21.7. The second-order valence-corrected chi connectivity index (χ2v) is 10.7. The minimum absolute atomic E-state index is 0.309. The topological polar surface area (TPSA) is 63.8 Å². The lowest BCUT2D eigenvalue weighted by Gasteiger charge is -2.31. The smallest absolute Gasteiger partial charge is 0.0653 e. The Hall–Kier alpha value is -4.26. The molecule has 202 valence electrons. The van der Waals surface area contributed by atoms with E-state index in [0.717, 1.165) is 47.7 Å². The van der Waals surface area contributed by atoms with E-state index >= 15 is 0 Å². The van der Waals surface area contributed by atoms with Gasteiger partial charge < -0.3 is 0 Å². The number of hydrogen-bond acceptors (Lipinski definition) is 4. The van der Waals surface area contributed by atoms with Gasteiger partial charge in [-0.05, 0) is 53.3 Å². The summed E-state index contributed by atoms with van der Waals surface area (Å²) in [6.07, 6.45) is 5.83. The number of hydrazine groups is 1. The normalized spacial score (nSPS) is 13.4. The molecule has 2 aromatic heterocycles. The van der Waals surface area contributed by atoms with Crippen LogP contribution in [0.3, 0.4) is 0 Å². The quantitative estimate of drug-likeness (QED) is 0.178. The molecule has 0 aliphatic rings. The Labute approximate surface area is 235 Å². The largest absolute Gasteiger partial charge is 0.278 e. The second kappa shape index (κ2) is 11.9. The van der Waals surface area contributed by atoms with E-state index in [4.69, 9.17) is 0 Å². The second-order valence-electron chi connectivity index (χ2n) is 10.7. The van der Waals surface area contributed by atoms with Crippen LogP contribution in [0, 0.1) is 0 Å². The average molecular weight is 529 g/mol. The van der Waals surface area contributed by atoms with Gasteiger partial charge in [0.15, 0.2) is 0 Å². The van der Waals surface area contributed by atoms with Gasteiger partial charge in [-0.15, -0.1) is 0 Å². The van der Waals surface area contributed by atoms with Crippen molar-refractivity contribution < 1.29 is 0 Å². The molecule has 4 aromatic carbocycles. The van der Waals surface area contributed by atoms with E-state index in [1.807, 2.05) is 12.4 Å². The third-order valence-corrected chi connectivity index (χ3v) is 8.20. The zero-order valence-corrected chi connectivity index (χ0v) is 23.2. The van der Waals surface area contributed by atoms with Crippen LogP contribution in [0.1, 0.15) is 46.9 Å². The van der Waals surface area contributed by atoms with Gasteiger partial charge in [0.1, 0.15) is 0 Å². The van der Waals surface area contributed by atoms with Crippen molar-refractivity contribution in [3.8, 4) is 0 Å². The van der Waals surface area contributed by atoms with Crippen LogP contribution >= 0.6 is 0 Å². The zero-order chi connectivity index (χ0) is 27.3. The van der Waals surface area contributed by atoms with Crippen LogP contribution in [0.15, 0.2) is 109 Å². The molecule has 0 amide bonds. The third-order valence-electron chi connectivity index (χ3n) is 8.20. The Morgan fingerprint density at radius 3 is 1.70 bits per heavy atom. The molecule has 2 atom stereocenters. The van der Waals surface area contributed by atoms with Crippen LogP contribution in [0.2, 0.25) is 0 Å². The molecule has 0 spiro atoms. The van der Waals surface area contributed by atoms with Crippen molar-refractivity contribution in [2.45, 2.75) is 24.7 Å². The molecule has 0 saturated carbocycles. The maximum atomic E-state index is 4.22. The molecule has 0 bridgehead atoms. The first-order valence-corrected chi connectivity index (χ1v) is 14.0. The van der Waals surface area contributed by atoms with E-state index < -0.39 is 0 Å². The molecule has 6 aromatic rings. The zero-order valence-electron chi connectivity index (χ0n) is 23.2. The van der Waals surface area contributed by atoms with Crippen molar-refractivity contribution in [3.05, 3.63) is 132 Å². The number of aromatic nitrogens is 4. The van der Waals surface area contributed by atoms with Gasteiger partial charge in [0.25, 0.3) is 0 Å². The summed E-state index contributed by atoms with van der Waals surface area (Å²) in [6.45, 7) is 1.91. The van der Waals surface area contributed by atoms with E-state index in [0.29, 0.717) is 11.8 Å². The first-order valence-electron chi connectivity index (χ1n) is 14.0. The Balaban J connectivity index is 1.15. The fraction of sp³-hybridized carbons (Fsp3) is 0.235. The Morgan fingerprint density at radius 2 is 1.07 bits per heavy atom. The summed E-state index contributed by atoms with van der Waals surface area (Å²) < 4.78 is 0. The van der Waals surface area contributed by atoms with Crippen molar-refractivity contribution >= 4 is 21.8 Å². The predicted molar refractivity (Wildman–Crippen MR) is 163 cm³/mol. The number of aromatic amines is 2. The maximum absolute atomic E-state index is 4.22. The minimum Gasteiger partial charge on any atom is -0.278 e. The number of rotatable bonds is 11. The van der Waals surface area contributed by atoms with Crippen molar-refractivity contribution in [1.82, 2.24) is 30.4 Å². The highest BCUT2D eigenvalue weighted by molar-refractivity contribution is 5.79. The molecule has 6 heteroatoms. The van der Waals surface area contributed by atoms with E-state index in [2.05, 4.69) is 142 Å². The molecule has 0 aliphatic heterocycles. The van der Waals surface area contributed by atoms with Gasteiger partial charge in [0.05, 0.1) is 23.4 Å². The predicted octanol–water partition coefficient (Wildman–Crippen LogP) is 6.96. The fourth-order valence-corrected chi connectivity index (χ4v) is 5.74. The summed E-state index contributed by atoms with van der Waals surface area (Å²) in [7, 11) is 4.41. The van der Waals surface area contributed by atoms with Gasteiger partial charge >= 0.3 is 0 Å². The van der Waals surface area contributed by atoms with Gasteiger partial charge in [0.2, 0.25) is 0 Å². The lowest BCUT2D eigenvalue weighted by molar-refractivity contribution is 0.0233. The first-order chi connectivity index (χ1) is 19.7. The molecule has 2 heterocycles. The molecule has 0 aliphatic carbocycles. The third kappa shape index (κ3) is 5.69. The van der Waals surface area contributed by atoms with Crippen LogP contribution in [0.4, 0.5) is 0 Å². The van der Waals surface area contributed by atoms with E-state index in [1.54, 1.807) is 0 Å². The number of H-pyrrole nitrogens is 2. The minimum atomic E-state index is 0.309. The molecule has 40 heavy (non-hydrogen) atoms. The number of nitrogens with one attached hydrogen (secondary N) is 2. The first kappa shape index (κ1) is 26.0. The lowest BCUT2D eigenvalue weighted by atomic mass is 9.88. The molecular formula is C34H36N6. The number of fused-ring (bicyclic) bond motifs is 2. The standard InChI is InChI=1S/C34H36N6/c1-39(19-17-31(25-9-5-3-6-10-25)27-15-16-33-30(21-27)24-36-37-33)40(2)20-18-32(26-11-7-4-8-12-26)28-13-14-29-23-35-38-34(29)22-28/h3-16,21-24,31-32H,17-20H2,1-2H3,(H,35,38)(H,36,37). The molecule has 0 saturated heterocycles. The Kier molecular flexibility index (Phi) is 7.71. The summed E-state index contributed by atoms with van der Waals surface area (Å²) in [6, 6.07) is 35.0. The Bertz CT molecular complexity index is 1530. The van der Waals surface area contributed by atoms with Crippen molar-refractivity contribution in [2.24, 2.45) is 0 Å². The van der Waals surface area contributed by atoms with Gasteiger partial charge in [-0.1, -0.05) is 78.9 Å². The van der Waals surface area contributed by atoms with Gasteiger partial charge in [0, 0.05) is 49.8 Å². The highest BCUT2D eigenvalue weighted by atomic mass is 15.6. The van der Waals surface area contributed by atoms with E-state index in [1.165, 1.54) is 22.3 Å². The molecule has 6 nitrogen and oxygen atoms in total. The van der Waals surface area contributed by atoms with Crippen LogP contribution in [0.5, 0.6) is 0 Å². The molecule has 2 unspecified atom stereocenters. The van der Waals surface area contributed by atoms with Gasteiger partial charge in [-0.3, -0.25) is 10.2 Å². The highest BCUT2D eigenvalue weighted by Crippen LogP contribution is 2.32. The van der Waals surface area contributed by atoms with E-state index in [-0.39, 0.29) is 0 Å². The summed E-state index contributed by atoms with van der Waals surface area (Å²) in [5.74, 6) is 0.623. The number of nitrogens with zero attached hydrogens (tertiary/aromatic N) is 4. The lowest BCUT2D eigenvalue weighted by Crippen LogP contribution is -2.39. The molecule has 6 rings (SSSR count). The maximum Gasteiger partial charge on any atom is 0.0653 e. The van der Waals surface area contributed by atoms with Crippen LogP contribution in [-0.2, 0) is 0 Å². The van der Waals surface area contributed by atoms with Crippen molar-refractivity contribution in [1.29, 1.82) is 0 Å². The molecule has 0 fully saturated rings. The SMILES string of the molecule is CN(CCC(c1ccccc1)c1ccc2[nH]ncc2c1)N(C)CCC(c1ccccc1)c1ccc2cn[nH]c2c1. The number of benzene rings is 4. The molecular weight excluding hydrogens is 492 g/mol. The Morgan fingerprint density at radius 1 is 0.550 bits per heavy atom. The summed E-state index contributed by atoms with van der Waals surface area (Å²) in [5.41, 5.74) is 7.50. The summed E-state index contributed by atoms with van der Waals surface area (Å²) >= 11 is 0. The van der Waals surface area contributed by atoms with Crippen LogP contribution < -0.4 is 0 Å². The van der Waals surface area contributed by atoms with Crippen molar-refractivity contribution in [2.75, 3.05) is 27.2 Å².